The van der Waals surface area contributed by atoms with Crippen LogP contribution in [0.1, 0.15) is 6.42 Å². The molecule has 2 aromatic carbocycles. The Kier molecular flexibility index (Phi) is 3.93. The summed E-state index contributed by atoms with van der Waals surface area (Å²) in [5.74, 6) is -0.622. The number of nitrogens with zero attached hydrogens (tertiary/aromatic N) is 3. The van der Waals surface area contributed by atoms with Gasteiger partial charge in [-0.1, -0.05) is 12.1 Å². The maximum Gasteiger partial charge on any atom is 0.233 e. The first kappa shape index (κ1) is 15.7. The Balaban J connectivity index is 1.75. The number of aromatic nitrogens is 2. The van der Waals surface area contributed by atoms with Crippen molar-refractivity contribution in [2.45, 2.75) is 22.8 Å². The summed E-state index contributed by atoms with van der Waals surface area (Å²) < 4.78 is 28.2. The van der Waals surface area contributed by atoms with E-state index in [0.29, 0.717) is 27.7 Å². The molecule has 1 aliphatic rings. The zero-order valence-electron chi connectivity index (χ0n) is 13.1. The Hall–Kier alpha value is -2.80. The van der Waals surface area contributed by atoms with Gasteiger partial charge in [0.1, 0.15) is 5.82 Å². The van der Waals surface area contributed by atoms with Crippen molar-refractivity contribution in [3.8, 4) is 0 Å². The van der Waals surface area contributed by atoms with Crippen molar-refractivity contribution < 1.29 is 13.4 Å². The van der Waals surface area contributed by atoms with Gasteiger partial charge in [0.15, 0.2) is 0 Å². The van der Waals surface area contributed by atoms with Crippen LogP contribution in [0.5, 0.6) is 0 Å². The lowest BCUT2D eigenvalue weighted by atomic mass is 10.2. The summed E-state index contributed by atoms with van der Waals surface area (Å²) in [6.45, 7) is 0.483. The van der Waals surface area contributed by atoms with Gasteiger partial charge in [-0.25, -0.2) is 13.6 Å². The fourth-order valence-corrected chi connectivity index (χ4v) is 4.25. The number of amides is 1. The maximum atomic E-state index is 13.7. The molecule has 1 atom stereocenters. The average molecular weight is 355 g/mol. The molecule has 0 spiro atoms. The molecule has 5 nitrogen and oxygen atoms in total. The summed E-state index contributed by atoms with van der Waals surface area (Å²) in [6.07, 6.45) is 5.33. The molecule has 1 aliphatic heterocycles. The van der Waals surface area contributed by atoms with E-state index in [0.717, 1.165) is 0 Å². The number of aryl methyl sites for hydroxylation is 1. The molecule has 1 aromatic heterocycles. The number of carbonyl (C=O) groups excluding carboxylic acids is 1. The predicted octanol–water partition coefficient (Wildman–Crippen LogP) is 3.26. The van der Waals surface area contributed by atoms with Gasteiger partial charge >= 0.3 is 0 Å². The van der Waals surface area contributed by atoms with Crippen molar-refractivity contribution >= 4 is 28.1 Å². The highest BCUT2D eigenvalue weighted by Crippen LogP contribution is 2.42. The number of hydrogen-bond donors (Lipinski definition) is 0. The molecule has 0 saturated carbocycles. The Labute approximate surface area is 146 Å². The zero-order chi connectivity index (χ0) is 17.4. The summed E-state index contributed by atoms with van der Waals surface area (Å²) in [7, 11) is -1.52. The first-order valence-electron chi connectivity index (χ1n) is 7.74. The Bertz CT molecular complexity index is 972. The first-order chi connectivity index (χ1) is 12.1. The second-order valence-electron chi connectivity index (χ2n) is 5.63. The van der Waals surface area contributed by atoms with E-state index in [1.165, 1.54) is 23.1 Å². The Morgan fingerprint density at radius 2 is 1.92 bits per heavy atom. The van der Waals surface area contributed by atoms with Crippen LogP contribution in [0.2, 0.25) is 0 Å². The Morgan fingerprint density at radius 1 is 1.12 bits per heavy atom. The van der Waals surface area contributed by atoms with Crippen LogP contribution in [0, 0.1) is 5.82 Å². The lowest BCUT2D eigenvalue weighted by Crippen LogP contribution is -2.31. The number of rotatable bonds is 3. The second-order valence-corrected chi connectivity index (χ2v) is 7.05. The number of carbonyl (C=O) groups is 1. The van der Waals surface area contributed by atoms with Gasteiger partial charge in [0, 0.05) is 25.4 Å². The summed E-state index contributed by atoms with van der Waals surface area (Å²) in [4.78, 5) is 19.2. The van der Waals surface area contributed by atoms with Crippen molar-refractivity contribution in [1.82, 2.24) is 9.55 Å². The molecule has 2 heterocycles. The average Bonchev–Trinajstić information content (AvgIpc) is 3.14. The summed E-state index contributed by atoms with van der Waals surface area (Å²) in [5, 5.41) is 0. The van der Waals surface area contributed by atoms with E-state index in [-0.39, 0.29) is 12.3 Å². The van der Waals surface area contributed by atoms with Crippen LogP contribution in [0.15, 0.2) is 71.0 Å². The highest BCUT2D eigenvalue weighted by molar-refractivity contribution is 7.85. The van der Waals surface area contributed by atoms with E-state index in [1.54, 1.807) is 43.0 Å². The molecule has 126 valence electrons. The van der Waals surface area contributed by atoms with Crippen LogP contribution < -0.4 is 4.90 Å². The molecular weight excluding hydrogens is 341 g/mol. The van der Waals surface area contributed by atoms with E-state index in [2.05, 4.69) is 4.98 Å². The van der Waals surface area contributed by atoms with Gasteiger partial charge in [0.05, 0.1) is 38.3 Å². The molecule has 0 aliphatic carbocycles. The fourth-order valence-electron chi connectivity index (χ4n) is 2.89. The highest BCUT2D eigenvalue weighted by Gasteiger charge is 2.31. The van der Waals surface area contributed by atoms with Crippen molar-refractivity contribution in [2.75, 3.05) is 4.90 Å². The number of halogens is 1. The Morgan fingerprint density at radius 3 is 2.72 bits per heavy atom. The quantitative estimate of drug-likeness (QED) is 0.725. The van der Waals surface area contributed by atoms with Crippen molar-refractivity contribution in [3.63, 3.8) is 0 Å². The molecule has 3 aromatic rings. The molecular formula is C18H14FN3O2S. The van der Waals surface area contributed by atoms with Crippen LogP contribution in [0.25, 0.3) is 0 Å². The number of benzene rings is 2. The van der Waals surface area contributed by atoms with Crippen LogP contribution >= 0.6 is 0 Å². The largest absolute Gasteiger partial charge is 0.337 e. The standard InChI is InChI=1S/C18H14FN3O2S/c19-13-5-6-15-17(11-13)25(24)16-4-2-1-3-14(16)22(15)18(23)7-9-21-10-8-20-12-21/h1-6,8,10-12H,7,9H2. The molecule has 25 heavy (non-hydrogen) atoms. The number of para-hydroxylation sites is 1. The zero-order valence-corrected chi connectivity index (χ0v) is 13.9. The van der Waals surface area contributed by atoms with Crippen molar-refractivity contribution in [2.24, 2.45) is 0 Å². The third-order valence-corrected chi connectivity index (χ3v) is 5.53. The lowest BCUT2D eigenvalue weighted by molar-refractivity contribution is -0.118. The smallest absolute Gasteiger partial charge is 0.233 e. The van der Waals surface area contributed by atoms with E-state index < -0.39 is 16.6 Å². The molecule has 0 N–H and O–H groups in total. The van der Waals surface area contributed by atoms with Gasteiger partial charge in [0.25, 0.3) is 0 Å². The summed E-state index contributed by atoms with van der Waals surface area (Å²) >= 11 is 0. The van der Waals surface area contributed by atoms with Crippen LogP contribution in [-0.2, 0) is 22.1 Å². The van der Waals surface area contributed by atoms with Gasteiger partial charge < -0.3 is 4.57 Å². The number of imidazole rings is 1. The van der Waals surface area contributed by atoms with E-state index in [4.69, 9.17) is 0 Å². The van der Waals surface area contributed by atoms with Crippen LogP contribution in [-0.4, -0.2) is 19.7 Å². The third kappa shape index (κ3) is 2.76. The minimum absolute atomic E-state index is 0.147. The van der Waals surface area contributed by atoms with Gasteiger partial charge in [-0.2, -0.15) is 0 Å². The first-order valence-corrected chi connectivity index (χ1v) is 8.89. The maximum absolute atomic E-state index is 13.7. The lowest BCUT2D eigenvalue weighted by Gasteiger charge is -2.31. The SMILES string of the molecule is O=C(CCn1ccnc1)N1c2ccccc2S(=O)c2cc(F)ccc21. The molecule has 1 unspecified atom stereocenters. The normalized spacial score (nSPS) is 15.6. The third-order valence-electron chi connectivity index (χ3n) is 4.06. The molecule has 1 amide bonds. The topological polar surface area (TPSA) is 55.2 Å². The van der Waals surface area contributed by atoms with E-state index >= 15 is 0 Å². The predicted molar refractivity (Wildman–Crippen MR) is 91.5 cm³/mol. The molecule has 7 heteroatoms. The molecule has 4 rings (SSSR count). The molecule has 0 saturated heterocycles. The second kappa shape index (κ2) is 6.25. The molecule has 0 fully saturated rings. The summed E-state index contributed by atoms with van der Waals surface area (Å²) in [5.41, 5.74) is 1.05. The number of hydrogen-bond acceptors (Lipinski definition) is 3. The monoisotopic (exact) mass is 355 g/mol. The molecule has 0 bridgehead atoms. The van der Waals surface area contributed by atoms with Crippen LogP contribution in [0.3, 0.4) is 0 Å². The van der Waals surface area contributed by atoms with E-state index in [9.17, 15) is 13.4 Å². The fraction of sp³-hybridized carbons (Fsp3) is 0.111. The minimum Gasteiger partial charge on any atom is -0.337 e. The van der Waals surface area contributed by atoms with Gasteiger partial charge in [-0.05, 0) is 30.3 Å². The minimum atomic E-state index is -1.52. The van der Waals surface area contributed by atoms with Crippen molar-refractivity contribution in [1.29, 1.82) is 0 Å². The van der Waals surface area contributed by atoms with E-state index in [1.807, 2.05) is 4.57 Å². The highest BCUT2D eigenvalue weighted by atomic mass is 32.2. The number of fused-ring (bicyclic) bond motifs is 2. The summed E-state index contributed by atoms with van der Waals surface area (Å²) in [6, 6.07) is 11.0. The van der Waals surface area contributed by atoms with Gasteiger partial charge in [-0.15, -0.1) is 0 Å². The van der Waals surface area contributed by atoms with Crippen molar-refractivity contribution in [3.05, 3.63) is 67.0 Å². The van der Waals surface area contributed by atoms with Gasteiger partial charge in [0.2, 0.25) is 5.91 Å². The van der Waals surface area contributed by atoms with Crippen LogP contribution in [0.4, 0.5) is 15.8 Å². The van der Waals surface area contributed by atoms with Gasteiger partial charge in [-0.3, -0.25) is 9.69 Å². The molecule has 0 radical (unpaired) electrons. The number of anilines is 2.